The monoisotopic (exact) mass is 218 g/mol. The van der Waals surface area contributed by atoms with E-state index in [1.54, 1.807) is 12.4 Å². The molecule has 0 radical (unpaired) electrons. The largest absolute Gasteiger partial charge is 0.253 e. The Morgan fingerprint density at radius 3 is 1.73 bits per heavy atom. The van der Waals surface area contributed by atoms with Crippen molar-refractivity contribution < 1.29 is 0 Å². The second kappa shape index (κ2) is 4.27. The first-order valence-corrected chi connectivity index (χ1v) is 5.49. The summed E-state index contributed by atoms with van der Waals surface area (Å²) < 4.78 is 8.26. The highest BCUT2D eigenvalue weighted by atomic mass is 32.1. The average Bonchev–Trinajstić information content (AvgIpc) is 2.75. The molecule has 0 unspecified atom stereocenters. The molecule has 0 spiro atoms. The second-order valence-electron chi connectivity index (χ2n) is 2.65. The van der Waals surface area contributed by atoms with E-state index in [4.69, 9.17) is 0 Å². The van der Waals surface area contributed by atoms with E-state index in [1.165, 1.54) is 11.7 Å². The van der Waals surface area contributed by atoms with Crippen molar-refractivity contribution in [3.8, 4) is 0 Å². The maximum atomic E-state index is 4.19. The van der Waals surface area contributed by atoms with Crippen molar-refractivity contribution in [3.63, 3.8) is 0 Å². The van der Waals surface area contributed by atoms with Crippen LogP contribution in [-0.4, -0.2) is 18.7 Å². The van der Waals surface area contributed by atoms with Gasteiger partial charge in [0.15, 0.2) is 0 Å². The quantitative estimate of drug-likeness (QED) is 0.582. The molecule has 0 aliphatic heterocycles. The molecule has 1 aromatic carbocycles. The highest BCUT2D eigenvalue weighted by Crippen LogP contribution is 2.17. The van der Waals surface area contributed by atoms with E-state index in [2.05, 4.69) is 18.7 Å². The number of fused-ring (bicyclic) bond motifs is 2. The van der Waals surface area contributed by atoms with Gasteiger partial charge in [0.25, 0.3) is 0 Å². The fraction of sp³-hybridized carbons (Fsp3) is 0.200. The standard InChI is InChI=1S/C8H4N4S.C2H6/c1-2-10-6-4-8-7(11-13-12-8)3-5(6)9-1;1-2/h1-4H;1-2H3. The molecule has 4 nitrogen and oxygen atoms in total. The molecule has 0 bridgehead atoms. The van der Waals surface area contributed by atoms with Crippen LogP contribution in [0, 0.1) is 0 Å². The summed E-state index contributed by atoms with van der Waals surface area (Å²) in [4.78, 5) is 8.37. The lowest BCUT2D eigenvalue weighted by Gasteiger charge is -1.93. The van der Waals surface area contributed by atoms with Crippen LogP contribution in [0.1, 0.15) is 13.8 Å². The van der Waals surface area contributed by atoms with Crippen molar-refractivity contribution >= 4 is 33.8 Å². The first-order chi connectivity index (χ1) is 7.43. The van der Waals surface area contributed by atoms with E-state index in [0.29, 0.717) is 0 Å². The Hall–Kier alpha value is -1.62. The topological polar surface area (TPSA) is 51.6 Å². The Labute approximate surface area is 91.3 Å². The molecule has 0 N–H and O–H groups in total. The van der Waals surface area contributed by atoms with Gasteiger partial charge in [-0.25, -0.2) is 0 Å². The van der Waals surface area contributed by atoms with Crippen molar-refractivity contribution in [1.82, 2.24) is 18.7 Å². The van der Waals surface area contributed by atoms with Crippen LogP contribution in [0.25, 0.3) is 22.1 Å². The van der Waals surface area contributed by atoms with E-state index < -0.39 is 0 Å². The summed E-state index contributed by atoms with van der Waals surface area (Å²) in [5.74, 6) is 0. The summed E-state index contributed by atoms with van der Waals surface area (Å²) in [6, 6.07) is 3.81. The molecule has 0 fully saturated rings. The van der Waals surface area contributed by atoms with Gasteiger partial charge in [-0.1, -0.05) is 13.8 Å². The predicted octanol–water partition coefficient (Wildman–Crippen LogP) is 2.66. The van der Waals surface area contributed by atoms with E-state index in [0.717, 1.165) is 22.1 Å². The smallest absolute Gasteiger partial charge is 0.107 e. The van der Waals surface area contributed by atoms with Gasteiger partial charge in [-0.05, 0) is 12.1 Å². The minimum absolute atomic E-state index is 0.864. The highest BCUT2D eigenvalue weighted by molar-refractivity contribution is 7.00. The minimum Gasteiger partial charge on any atom is -0.253 e. The summed E-state index contributed by atoms with van der Waals surface area (Å²) in [6.07, 6.45) is 3.35. The number of nitrogens with zero attached hydrogens (tertiary/aromatic N) is 4. The maximum absolute atomic E-state index is 4.19. The molecular weight excluding hydrogens is 208 g/mol. The zero-order valence-corrected chi connectivity index (χ0v) is 9.32. The summed E-state index contributed by atoms with van der Waals surface area (Å²) in [5.41, 5.74) is 3.50. The van der Waals surface area contributed by atoms with Gasteiger partial charge >= 0.3 is 0 Å². The third kappa shape index (κ3) is 1.78. The molecule has 15 heavy (non-hydrogen) atoms. The van der Waals surface area contributed by atoms with Crippen molar-refractivity contribution in [2.24, 2.45) is 0 Å². The lowest BCUT2D eigenvalue weighted by molar-refractivity contribution is 1.30. The van der Waals surface area contributed by atoms with Gasteiger partial charge in [-0.2, -0.15) is 8.75 Å². The van der Waals surface area contributed by atoms with Gasteiger partial charge in [0.1, 0.15) is 11.0 Å². The molecule has 0 aliphatic carbocycles. The molecule has 2 aromatic heterocycles. The summed E-state index contributed by atoms with van der Waals surface area (Å²) in [7, 11) is 0. The van der Waals surface area contributed by atoms with Gasteiger partial charge in [0, 0.05) is 12.4 Å². The van der Waals surface area contributed by atoms with Crippen LogP contribution in [0.5, 0.6) is 0 Å². The van der Waals surface area contributed by atoms with E-state index in [-0.39, 0.29) is 0 Å². The third-order valence-electron chi connectivity index (χ3n) is 1.84. The SMILES string of the molecule is CC.c1cnc2cc3nsnc3cc2n1. The fourth-order valence-electron chi connectivity index (χ4n) is 1.24. The number of benzene rings is 1. The first kappa shape index (κ1) is 9.92. The van der Waals surface area contributed by atoms with Crippen LogP contribution in [0.4, 0.5) is 0 Å². The third-order valence-corrected chi connectivity index (χ3v) is 2.40. The second-order valence-corrected chi connectivity index (χ2v) is 3.18. The number of aromatic nitrogens is 4. The molecule has 76 valence electrons. The Morgan fingerprint density at radius 1 is 0.800 bits per heavy atom. The highest BCUT2D eigenvalue weighted by Gasteiger charge is 2.01. The van der Waals surface area contributed by atoms with Gasteiger partial charge in [0.2, 0.25) is 0 Å². The molecule has 0 saturated carbocycles. The average molecular weight is 218 g/mol. The van der Waals surface area contributed by atoms with Crippen LogP contribution < -0.4 is 0 Å². The lowest BCUT2D eigenvalue weighted by atomic mass is 10.2. The molecule has 0 saturated heterocycles. The van der Waals surface area contributed by atoms with Crippen LogP contribution in [-0.2, 0) is 0 Å². The predicted molar refractivity (Wildman–Crippen MR) is 61.9 cm³/mol. The van der Waals surface area contributed by atoms with Gasteiger partial charge in [-0.3, -0.25) is 9.97 Å². The van der Waals surface area contributed by atoms with Crippen molar-refractivity contribution in [3.05, 3.63) is 24.5 Å². The Morgan fingerprint density at radius 2 is 1.27 bits per heavy atom. The molecule has 3 rings (SSSR count). The lowest BCUT2D eigenvalue weighted by Crippen LogP contribution is -1.81. The Bertz CT molecular complexity index is 526. The summed E-state index contributed by atoms with van der Waals surface area (Å²) in [5, 5.41) is 0. The molecule has 5 heteroatoms. The number of hydrogen-bond acceptors (Lipinski definition) is 5. The van der Waals surface area contributed by atoms with Gasteiger partial charge < -0.3 is 0 Å². The molecule has 0 atom stereocenters. The van der Waals surface area contributed by atoms with Gasteiger partial charge in [0.05, 0.1) is 22.8 Å². The molecule has 3 aromatic rings. The molecule has 0 aliphatic rings. The number of hydrogen-bond donors (Lipinski definition) is 0. The molecule has 2 heterocycles. The number of rotatable bonds is 0. The molecule has 0 amide bonds. The van der Waals surface area contributed by atoms with E-state index >= 15 is 0 Å². The van der Waals surface area contributed by atoms with E-state index in [9.17, 15) is 0 Å². The zero-order chi connectivity index (χ0) is 10.7. The van der Waals surface area contributed by atoms with Crippen LogP contribution in [0.15, 0.2) is 24.5 Å². The minimum atomic E-state index is 0.864. The van der Waals surface area contributed by atoms with Crippen LogP contribution in [0.2, 0.25) is 0 Å². The fourth-order valence-corrected chi connectivity index (χ4v) is 1.75. The van der Waals surface area contributed by atoms with Crippen molar-refractivity contribution in [1.29, 1.82) is 0 Å². The van der Waals surface area contributed by atoms with Crippen LogP contribution >= 0.6 is 11.7 Å². The van der Waals surface area contributed by atoms with Crippen LogP contribution in [0.3, 0.4) is 0 Å². The normalized spacial score (nSPS) is 10.0. The summed E-state index contributed by atoms with van der Waals surface area (Å²) in [6.45, 7) is 4.00. The summed E-state index contributed by atoms with van der Waals surface area (Å²) >= 11 is 1.21. The first-order valence-electron chi connectivity index (χ1n) is 4.76. The maximum Gasteiger partial charge on any atom is 0.107 e. The Balaban J connectivity index is 0.000000404. The zero-order valence-electron chi connectivity index (χ0n) is 8.51. The van der Waals surface area contributed by atoms with Gasteiger partial charge in [-0.15, -0.1) is 0 Å². The molecular formula is C10H10N4S. The van der Waals surface area contributed by atoms with Crippen molar-refractivity contribution in [2.45, 2.75) is 13.8 Å². The Kier molecular flexibility index (Phi) is 2.82. The van der Waals surface area contributed by atoms with Crippen molar-refractivity contribution in [2.75, 3.05) is 0 Å². The van der Waals surface area contributed by atoms with E-state index in [1.807, 2.05) is 26.0 Å².